The van der Waals surface area contributed by atoms with Crippen LogP contribution in [0.1, 0.15) is 101 Å². The molecule has 0 unspecified atom stereocenters. The molecule has 0 nitrogen and oxygen atoms in total. The minimum atomic E-state index is -0.826. The van der Waals surface area contributed by atoms with Gasteiger partial charge in [-0.3, -0.25) is 0 Å². The molecule has 8 aromatic carbocycles. The zero-order valence-corrected chi connectivity index (χ0v) is 41.1. The third-order valence-electron chi connectivity index (χ3n) is 11.3. The average Bonchev–Trinajstić information content (AvgIpc) is 4.00. The van der Waals surface area contributed by atoms with E-state index < -0.39 is 20.8 Å². The van der Waals surface area contributed by atoms with E-state index in [4.69, 9.17) is 17.0 Å². The largest absolute Gasteiger partial charge is 0.184 e. The van der Waals surface area contributed by atoms with Crippen molar-refractivity contribution in [1.29, 1.82) is 0 Å². The summed E-state index contributed by atoms with van der Waals surface area (Å²) in [4.78, 5) is 0. The molecule has 0 spiro atoms. The summed E-state index contributed by atoms with van der Waals surface area (Å²) in [5.74, 6) is 1.07. The van der Waals surface area contributed by atoms with E-state index >= 15 is 0 Å². The van der Waals surface area contributed by atoms with Gasteiger partial charge in [-0.25, -0.2) is 0 Å². The van der Waals surface area contributed by atoms with E-state index in [1.165, 1.54) is 126 Å². The fraction of sp³-hybridized carbons (Fsp3) is 0.250. The van der Waals surface area contributed by atoms with Crippen LogP contribution in [0.4, 0.5) is 0 Å². The smallest absolute Gasteiger partial charge is 0.0920 e. The number of hydrogen-bond donors (Lipinski definition) is 0. The van der Waals surface area contributed by atoms with Crippen molar-refractivity contribution >= 4 is 58.5 Å². The zero-order chi connectivity index (χ0) is 42.4. The Balaban J connectivity index is 0.000000150. The predicted octanol–water partition coefficient (Wildman–Crippen LogP) is 15.9. The summed E-state index contributed by atoms with van der Waals surface area (Å²) >= 11 is -0.826. The number of rotatable bonds is 10. The summed E-state index contributed by atoms with van der Waals surface area (Å²) in [6.45, 7) is 13.7. The first kappa shape index (κ1) is 45.7. The van der Waals surface area contributed by atoms with Crippen molar-refractivity contribution in [3.05, 3.63) is 180 Å². The number of aryl methyl sites for hydroxylation is 2. The Kier molecular flexibility index (Phi) is 17.4. The third kappa shape index (κ3) is 11.4. The van der Waals surface area contributed by atoms with Gasteiger partial charge in [0, 0.05) is 0 Å². The fourth-order valence-electron chi connectivity index (χ4n) is 8.31. The first-order valence-electron chi connectivity index (χ1n) is 21.7. The SMILES string of the molecule is CCCCc1cc2c(-c3ccccc3)c(C(C)C)ccc2[cH-]1.CCCCc1cc2c(-c3ccccc3)c(C(C)C)ccc2[cH-]1.[Cl][Zr][Cl].[c-]1cccc2c1[Si]c1ccccc1-2. The van der Waals surface area contributed by atoms with Gasteiger partial charge in [0.1, 0.15) is 0 Å². The summed E-state index contributed by atoms with van der Waals surface area (Å²) in [5, 5.41) is 8.43. The van der Waals surface area contributed by atoms with Crippen LogP contribution in [0.15, 0.2) is 152 Å². The van der Waals surface area contributed by atoms with Crippen molar-refractivity contribution in [2.24, 2.45) is 0 Å². The quantitative estimate of drug-likeness (QED) is 0.0947. The second kappa shape index (κ2) is 22.9. The van der Waals surface area contributed by atoms with E-state index in [0.29, 0.717) is 11.8 Å². The first-order chi connectivity index (χ1) is 29.3. The molecule has 8 aromatic rings. The molecule has 2 radical (unpaired) electrons. The average molecular weight is 920 g/mol. The molecule has 0 saturated heterocycles. The zero-order valence-electron chi connectivity index (χ0n) is 36.1. The van der Waals surface area contributed by atoms with Crippen molar-refractivity contribution < 1.29 is 20.8 Å². The second-order valence-electron chi connectivity index (χ2n) is 16.2. The Hall–Kier alpha value is -3.78. The van der Waals surface area contributed by atoms with Crippen LogP contribution >= 0.6 is 17.0 Å². The molecule has 0 saturated carbocycles. The van der Waals surface area contributed by atoms with Gasteiger partial charge in [-0.05, 0) is 35.8 Å². The molecule has 4 heteroatoms. The van der Waals surface area contributed by atoms with Crippen LogP contribution in [0.5, 0.6) is 0 Å². The number of benzene rings is 6. The molecule has 1 heterocycles. The molecular weight excluding hydrogens is 863 g/mol. The molecule has 0 atom stereocenters. The number of halogens is 2. The normalized spacial score (nSPS) is 11.3. The maximum absolute atomic E-state index is 4.93. The summed E-state index contributed by atoms with van der Waals surface area (Å²) in [6.07, 6.45) is 7.43. The third-order valence-corrected chi connectivity index (χ3v) is 12.7. The van der Waals surface area contributed by atoms with Gasteiger partial charge in [0.15, 0.2) is 0 Å². The Labute approximate surface area is 381 Å². The van der Waals surface area contributed by atoms with Gasteiger partial charge < -0.3 is 0 Å². The van der Waals surface area contributed by atoms with Gasteiger partial charge in [-0.1, -0.05) is 185 Å². The van der Waals surface area contributed by atoms with Crippen molar-refractivity contribution in [3.63, 3.8) is 0 Å². The minimum absolute atomic E-state index is 0.536. The van der Waals surface area contributed by atoms with E-state index in [-0.39, 0.29) is 0 Å². The molecule has 1 aliphatic rings. The van der Waals surface area contributed by atoms with Gasteiger partial charge in [0.2, 0.25) is 0 Å². The molecule has 0 fully saturated rings. The van der Waals surface area contributed by atoms with E-state index in [9.17, 15) is 0 Å². The van der Waals surface area contributed by atoms with E-state index in [1.54, 1.807) is 0 Å². The Morgan fingerprint density at radius 1 is 0.567 bits per heavy atom. The van der Waals surface area contributed by atoms with E-state index in [1.807, 2.05) is 6.07 Å². The molecule has 0 aromatic heterocycles. The van der Waals surface area contributed by atoms with E-state index in [2.05, 4.69) is 193 Å². The molecule has 1 aliphatic heterocycles. The van der Waals surface area contributed by atoms with Crippen LogP contribution in [0.2, 0.25) is 0 Å². The van der Waals surface area contributed by atoms with Crippen LogP contribution in [0.3, 0.4) is 0 Å². The Bertz CT molecular complexity index is 2370. The summed E-state index contributed by atoms with van der Waals surface area (Å²) < 4.78 is 0. The monoisotopic (exact) mass is 917 g/mol. The number of hydrogen-bond acceptors (Lipinski definition) is 0. The van der Waals surface area contributed by atoms with Crippen molar-refractivity contribution in [2.45, 2.75) is 91.9 Å². The summed E-state index contributed by atoms with van der Waals surface area (Å²) in [5.41, 5.74) is 14.2. The molecular formula is C56H57Cl2SiZr-3. The molecule has 0 N–H and O–H groups in total. The minimum Gasteiger partial charge on any atom is -0.184 e. The molecule has 306 valence electrons. The molecule has 60 heavy (non-hydrogen) atoms. The predicted molar refractivity (Wildman–Crippen MR) is 263 cm³/mol. The van der Waals surface area contributed by atoms with Crippen LogP contribution in [0.25, 0.3) is 54.9 Å². The van der Waals surface area contributed by atoms with Gasteiger partial charge in [-0.2, -0.15) is 41.6 Å². The van der Waals surface area contributed by atoms with Crippen molar-refractivity contribution in [1.82, 2.24) is 0 Å². The van der Waals surface area contributed by atoms with Gasteiger partial charge in [0.05, 0.1) is 9.52 Å². The number of fused-ring (bicyclic) bond motifs is 5. The molecule has 0 aliphatic carbocycles. The Morgan fingerprint density at radius 2 is 1.02 bits per heavy atom. The summed E-state index contributed by atoms with van der Waals surface area (Å²) in [7, 11) is 10.7. The molecule has 0 bridgehead atoms. The van der Waals surface area contributed by atoms with Gasteiger partial charge >= 0.3 is 37.9 Å². The van der Waals surface area contributed by atoms with Crippen molar-refractivity contribution in [3.8, 4) is 33.4 Å². The topological polar surface area (TPSA) is 0 Å². The van der Waals surface area contributed by atoms with E-state index in [0.717, 1.165) is 9.52 Å². The fourth-order valence-corrected chi connectivity index (χ4v) is 9.62. The van der Waals surface area contributed by atoms with Gasteiger partial charge in [0.25, 0.3) is 0 Å². The maximum Gasteiger partial charge on any atom is 0.0920 e. The second-order valence-corrected chi connectivity index (χ2v) is 21.3. The van der Waals surface area contributed by atoms with Crippen LogP contribution < -0.4 is 10.4 Å². The Morgan fingerprint density at radius 3 is 1.48 bits per heavy atom. The summed E-state index contributed by atoms with van der Waals surface area (Å²) in [6, 6.07) is 58.7. The first-order valence-corrected chi connectivity index (χ1v) is 29.0. The van der Waals surface area contributed by atoms with Crippen LogP contribution in [-0.4, -0.2) is 9.52 Å². The molecule has 9 rings (SSSR count). The standard InChI is InChI=1S/2C22H25.C12H7Si.2ClH.Zr/c2*1-4-5-9-17-14-19-12-13-20(16(2)3)22(21(19)15-17)18-10-7-6-8-11-18;1-3-7-11-9(5-1)10-6-2-4-8-12(10)13-11;;;/h2*6-8,10-16H,4-5,9H2,1-3H3;1-7H;2*1H;/q3*-1;;;+2/p-2. The number of unbranched alkanes of at least 4 members (excludes halogenated alkanes) is 2. The van der Waals surface area contributed by atoms with Crippen molar-refractivity contribution in [2.75, 3.05) is 0 Å². The van der Waals surface area contributed by atoms with Crippen LogP contribution in [-0.2, 0) is 33.7 Å². The van der Waals surface area contributed by atoms with Gasteiger partial charge in [-0.15, -0.1) is 74.6 Å². The van der Waals surface area contributed by atoms with Crippen LogP contribution in [0, 0.1) is 6.07 Å². The molecule has 0 amide bonds. The maximum atomic E-state index is 4.93.